The van der Waals surface area contributed by atoms with Crippen molar-refractivity contribution in [3.05, 3.63) is 32.6 Å². The molecule has 0 aliphatic rings. The average Bonchev–Trinajstić information content (AvgIpc) is 2.08. The number of hydrogen-bond acceptors (Lipinski definition) is 3. The molecule has 0 saturated carbocycles. The molecule has 0 saturated heterocycles. The first-order valence-electron chi connectivity index (χ1n) is 3.29. The van der Waals surface area contributed by atoms with Gasteiger partial charge in [0.2, 0.25) is 0 Å². The molecule has 0 spiro atoms. The molecule has 64 valence electrons. The van der Waals surface area contributed by atoms with E-state index in [9.17, 15) is 14.4 Å². The fourth-order valence-electron chi connectivity index (χ4n) is 0.917. The highest BCUT2D eigenvalue weighted by Crippen LogP contribution is 1.79. The number of hydrogen-bond donors (Lipinski definition) is 0. The fraction of sp³-hybridized carbons (Fsp3) is 0.286. The van der Waals surface area contributed by atoms with Crippen LogP contribution >= 0.6 is 0 Å². The molecule has 5 heteroatoms. The maximum absolute atomic E-state index is 11.1. The van der Waals surface area contributed by atoms with Gasteiger partial charge < -0.3 is 4.57 Å². The minimum absolute atomic E-state index is 0.0143. The predicted octanol–water partition coefficient (Wildman–Crippen LogP) is -1.10. The minimum atomic E-state index is -0.562. The van der Waals surface area contributed by atoms with Crippen molar-refractivity contribution in [2.24, 2.45) is 14.1 Å². The normalized spacial score (nSPS) is 9.83. The van der Waals surface area contributed by atoms with E-state index in [0.717, 1.165) is 4.57 Å². The monoisotopic (exact) mass is 168 g/mol. The van der Waals surface area contributed by atoms with Crippen LogP contribution < -0.4 is 11.2 Å². The number of nitrogens with zero attached hydrogens (tertiary/aromatic N) is 2. The molecule has 1 aromatic heterocycles. The van der Waals surface area contributed by atoms with Gasteiger partial charge in [-0.1, -0.05) is 0 Å². The summed E-state index contributed by atoms with van der Waals surface area (Å²) in [6, 6.07) is 0. The van der Waals surface area contributed by atoms with Crippen LogP contribution in [-0.2, 0) is 14.1 Å². The molecule has 1 heterocycles. The van der Waals surface area contributed by atoms with Crippen molar-refractivity contribution in [1.82, 2.24) is 9.13 Å². The van der Waals surface area contributed by atoms with Crippen LogP contribution in [0.15, 0.2) is 15.8 Å². The second kappa shape index (κ2) is 2.77. The zero-order valence-corrected chi connectivity index (χ0v) is 6.77. The van der Waals surface area contributed by atoms with Gasteiger partial charge in [-0.2, -0.15) is 0 Å². The second-order valence-electron chi connectivity index (χ2n) is 2.46. The van der Waals surface area contributed by atoms with Crippen molar-refractivity contribution < 1.29 is 4.79 Å². The fourth-order valence-corrected chi connectivity index (χ4v) is 0.917. The van der Waals surface area contributed by atoms with E-state index in [-0.39, 0.29) is 5.56 Å². The van der Waals surface area contributed by atoms with E-state index < -0.39 is 11.2 Å². The molecule has 0 radical (unpaired) electrons. The number of aromatic nitrogens is 2. The van der Waals surface area contributed by atoms with E-state index >= 15 is 0 Å². The Kier molecular flexibility index (Phi) is 1.95. The van der Waals surface area contributed by atoms with Crippen LogP contribution in [0.4, 0.5) is 0 Å². The predicted molar refractivity (Wildman–Crippen MR) is 42.3 cm³/mol. The highest BCUT2D eigenvalue weighted by Gasteiger charge is 2.04. The lowest BCUT2D eigenvalue weighted by molar-refractivity contribution is 0.112. The lowest BCUT2D eigenvalue weighted by Gasteiger charge is -2.00. The smallest absolute Gasteiger partial charge is 0.303 e. The van der Waals surface area contributed by atoms with Gasteiger partial charge in [0, 0.05) is 20.3 Å². The highest BCUT2D eigenvalue weighted by molar-refractivity contribution is 5.73. The Morgan fingerprint density at radius 1 is 1.33 bits per heavy atom. The summed E-state index contributed by atoms with van der Waals surface area (Å²) in [6.45, 7) is 0. The van der Waals surface area contributed by atoms with Crippen molar-refractivity contribution >= 4 is 6.29 Å². The van der Waals surface area contributed by atoms with E-state index in [1.165, 1.54) is 24.9 Å². The van der Waals surface area contributed by atoms with Gasteiger partial charge in [0.1, 0.15) is 0 Å². The van der Waals surface area contributed by atoms with Crippen LogP contribution in [0.3, 0.4) is 0 Å². The summed E-state index contributed by atoms with van der Waals surface area (Å²) in [6.07, 6.45) is 1.65. The topological polar surface area (TPSA) is 61.1 Å². The van der Waals surface area contributed by atoms with Crippen LogP contribution in [0.1, 0.15) is 10.4 Å². The number of carbonyl (C=O) groups excluding carboxylic acids is 1. The summed E-state index contributed by atoms with van der Waals surface area (Å²) in [4.78, 5) is 32.5. The summed E-state index contributed by atoms with van der Waals surface area (Å²) in [7, 11) is 2.81. The zero-order chi connectivity index (χ0) is 9.30. The van der Waals surface area contributed by atoms with Crippen LogP contribution in [0.5, 0.6) is 0 Å². The van der Waals surface area contributed by atoms with Gasteiger partial charge >= 0.3 is 5.69 Å². The molecule has 0 unspecified atom stereocenters. The third-order valence-electron chi connectivity index (χ3n) is 1.60. The lowest BCUT2D eigenvalue weighted by Crippen LogP contribution is -2.38. The summed E-state index contributed by atoms with van der Waals surface area (Å²) in [5, 5.41) is 0. The number of rotatable bonds is 1. The minimum Gasteiger partial charge on any atom is -0.303 e. The Morgan fingerprint density at radius 2 is 1.92 bits per heavy atom. The summed E-state index contributed by atoms with van der Waals surface area (Å²) >= 11 is 0. The highest BCUT2D eigenvalue weighted by atomic mass is 16.2. The maximum atomic E-state index is 11.1. The van der Waals surface area contributed by atoms with Gasteiger partial charge in [-0.15, -0.1) is 0 Å². The van der Waals surface area contributed by atoms with Crippen molar-refractivity contribution in [3.8, 4) is 0 Å². The third kappa shape index (κ3) is 1.09. The van der Waals surface area contributed by atoms with Gasteiger partial charge in [-0.3, -0.25) is 14.2 Å². The molecule has 0 aliphatic carbocycles. The van der Waals surface area contributed by atoms with Crippen molar-refractivity contribution in [2.45, 2.75) is 0 Å². The van der Waals surface area contributed by atoms with Crippen molar-refractivity contribution in [3.63, 3.8) is 0 Å². The van der Waals surface area contributed by atoms with Gasteiger partial charge in [0.05, 0.1) is 5.56 Å². The number of aldehydes is 1. The molecule has 0 fully saturated rings. The summed E-state index contributed by atoms with van der Waals surface area (Å²) in [5.74, 6) is 0. The average molecular weight is 168 g/mol. The molecule has 0 amide bonds. The quantitative estimate of drug-likeness (QED) is 0.500. The van der Waals surface area contributed by atoms with Gasteiger partial charge in [-0.25, -0.2) is 4.79 Å². The molecule has 0 atom stereocenters. The maximum Gasteiger partial charge on any atom is 0.330 e. The molecule has 0 aromatic carbocycles. The second-order valence-corrected chi connectivity index (χ2v) is 2.46. The van der Waals surface area contributed by atoms with Crippen molar-refractivity contribution in [1.29, 1.82) is 0 Å². The zero-order valence-electron chi connectivity index (χ0n) is 6.77. The van der Waals surface area contributed by atoms with E-state index in [0.29, 0.717) is 6.29 Å². The Labute approximate surface area is 67.9 Å². The molecule has 12 heavy (non-hydrogen) atoms. The molecule has 0 bridgehead atoms. The number of carbonyl (C=O) groups is 1. The lowest BCUT2D eigenvalue weighted by atomic mass is 10.4. The summed E-state index contributed by atoms with van der Waals surface area (Å²) in [5.41, 5.74) is -1.02. The Morgan fingerprint density at radius 3 is 2.42 bits per heavy atom. The third-order valence-corrected chi connectivity index (χ3v) is 1.60. The van der Waals surface area contributed by atoms with Crippen molar-refractivity contribution in [2.75, 3.05) is 0 Å². The molecule has 5 nitrogen and oxygen atoms in total. The van der Waals surface area contributed by atoms with E-state index in [2.05, 4.69) is 0 Å². The SMILES string of the molecule is Cn1cc(C=O)c(=O)n(C)c1=O. The van der Waals surface area contributed by atoms with Gasteiger partial charge in [0.25, 0.3) is 5.56 Å². The standard InChI is InChI=1S/C7H8N2O3/c1-8-3-5(4-10)6(11)9(2)7(8)12/h3-4H,1-2H3. The van der Waals surface area contributed by atoms with Gasteiger partial charge in [-0.05, 0) is 0 Å². The number of aryl methyl sites for hydroxylation is 1. The summed E-state index contributed by atoms with van der Waals surface area (Å²) < 4.78 is 2.08. The molecule has 0 aliphatic heterocycles. The largest absolute Gasteiger partial charge is 0.330 e. The molecular weight excluding hydrogens is 160 g/mol. The first-order chi connectivity index (χ1) is 5.57. The molecule has 0 N–H and O–H groups in total. The van der Waals surface area contributed by atoms with E-state index in [4.69, 9.17) is 0 Å². The molecule has 1 rings (SSSR count). The Balaban J connectivity index is 3.73. The molecule has 1 aromatic rings. The van der Waals surface area contributed by atoms with Crippen LogP contribution in [0.25, 0.3) is 0 Å². The van der Waals surface area contributed by atoms with E-state index in [1.54, 1.807) is 0 Å². The Bertz CT molecular complexity index is 427. The van der Waals surface area contributed by atoms with Crippen LogP contribution in [0, 0.1) is 0 Å². The first kappa shape index (κ1) is 8.45. The first-order valence-corrected chi connectivity index (χ1v) is 3.29. The van der Waals surface area contributed by atoms with Crippen LogP contribution in [0.2, 0.25) is 0 Å². The van der Waals surface area contributed by atoms with Crippen LogP contribution in [-0.4, -0.2) is 15.4 Å². The van der Waals surface area contributed by atoms with Gasteiger partial charge in [0.15, 0.2) is 6.29 Å². The van der Waals surface area contributed by atoms with E-state index in [1.807, 2.05) is 0 Å². The molecular formula is C7H8N2O3. The Hall–Kier alpha value is -1.65.